The molecule has 0 radical (unpaired) electrons. The Labute approximate surface area is 107 Å². The van der Waals surface area contributed by atoms with Gasteiger partial charge in [0.1, 0.15) is 6.04 Å². The fraction of sp³-hybridized carbons (Fsp3) is 0.818. The smallest absolute Gasteiger partial charge is 0.326 e. The highest BCUT2D eigenvalue weighted by molar-refractivity contribution is 7.98. The zero-order valence-corrected chi connectivity index (χ0v) is 11.5. The molecule has 0 saturated carbocycles. The Morgan fingerprint density at radius 3 is 2.53 bits per heavy atom. The van der Waals surface area contributed by atoms with Gasteiger partial charge in [0.15, 0.2) is 0 Å². The number of hydrogen-bond acceptors (Lipinski definition) is 4. The van der Waals surface area contributed by atoms with Gasteiger partial charge in [0.2, 0.25) is 5.91 Å². The molecule has 5 nitrogen and oxygen atoms in total. The van der Waals surface area contributed by atoms with E-state index in [0.717, 1.165) is 6.42 Å². The van der Waals surface area contributed by atoms with Gasteiger partial charge in [-0.15, -0.1) is 0 Å². The molecule has 0 rings (SSSR count). The third-order valence-corrected chi connectivity index (χ3v) is 3.15. The molecule has 1 amide bonds. The van der Waals surface area contributed by atoms with Crippen molar-refractivity contribution in [3.63, 3.8) is 0 Å². The van der Waals surface area contributed by atoms with E-state index in [0.29, 0.717) is 18.6 Å². The van der Waals surface area contributed by atoms with E-state index in [1.54, 1.807) is 18.7 Å². The van der Waals surface area contributed by atoms with Gasteiger partial charge in [-0.2, -0.15) is 11.8 Å². The van der Waals surface area contributed by atoms with Crippen LogP contribution < -0.4 is 11.1 Å². The summed E-state index contributed by atoms with van der Waals surface area (Å²) in [5, 5.41) is 11.5. The van der Waals surface area contributed by atoms with Gasteiger partial charge in [-0.25, -0.2) is 4.79 Å². The maximum absolute atomic E-state index is 11.8. The maximum Gasteiger partial charge on any atom is 0.326 e. The molecule has 100 valence electrons. The van der Waals surface area contributed by atoms with Crippen LogP contribution in [0.3, 0.4) is 0 Å². The zero-order valence-electron chi connectivity index (χ0n) is 10.7. The van der Waals surface area contributed by atoms with Crippen molar-refractivity contribution in [1.82, 2.24) is 5.32 Å². The molecule has 2 atom stereocenters. The van der Waals surface area contributed by atoms with E-state index in [-0.39, 0.29) is 0 Å². The van der Waals surface area contributed by atoms with Gasteiger partial charge < -0.3 is 16.2 Å². The molecule has 0 aliphatic carbocycles. The van der Waals surface area contributed by atoms with Gasteiger partial charge in [-0.3, -0.25) is 4.79 Å². The Hall–Kier alpha value is -0.750. The van der Waals surface area contributed by atoms with Crippen LogP contribution in [0.5, 0.6) is 0 Å². The van der Waals surface area contributed by atoms with E-state index in [1.807, 2.05) is 13.2 Å². The second-order valence-corrected chi connectivity index (χ2v) is 5.30. The van der Waals surface area contributed by atoms with Crippen molar-refractivity contribution in [2.45, 2.75) is 44.7 Å². The van der Waals surface area contributed by atoms with Gasteiger partial charge in [0.05, 0.1) is 5.54 Å². The normalized spacial score (nSPS) is 16.0. The minimum Gasteiger partial charge on any atom is -0.480 e. The quantitative estimate of drug-likeness (QED) is 0.602. The highest BCUT2D eigenvalue weighted by atomic mass is 32.2. The highest BCUT2D eigenvalue weighted by Gasteiger charge is 2.30. The van der Waals surface area contributed by atoms with Crippen molar-refractivity contribution in [2.75, 3.05) is 12.0 Å². The average Bonchev–Trinajstić information content (AvgIpc) is 2.23. The van der Waals surface area contributed by atoms with Crippen LogP contribution in [-0.4, -0.2) is 40.6 Å². The van der Waals surface area contributed by atoms with Crippen molar-refractivity contribution >= 4 is 23.6 Å². The predicted octanol–water partition coefficient (Wildman–Crippen LogP) is 0.826. The van der Waals surface area contributed by atoms with Gasteiger partial charge in [0, 0.05) is 0 Å². The Morgan fingerprint density at radius 2 is 2.12 bits per heavy atom. The zero-order chi connectivity index (χ0) is 13.5. The van der Waals surface area contributed by atoms with Crippen molar-refractivity contribution in [1.29, 1.82) is 0 Å². The number of carbonyl (C=O) groups excluding carboxylic acids is 1. The fourth-order valence-corrected chi connectivity index (χ4v) is 1.92. The van der Waals surface area contributed by atoms with Crippen LogP contribution >= 0.6 is 11.8 Å². The Kier molecular flexibility index (Phi) is 7.22. The second kappa shape index (κ2) is 7.55. The summed E-state index contributed by atoms with van der Waals surface area (Å²) in [7, 11) is 0. The number of nitrogens with one attached hydrogen (secondary N) is 1. The summed E-state index contributed by atoms with van der Waals surface area (Å²) in [4.78, 5) is 22.8. The number of carboxylic acid groups (broad SMARTS) is 1. The summed E-state index contributed by atoms with van der Waals surface area (Å²) in [6.07, 6.45) is 3.62. The number of nitrogens with two attached hydrogens (primary N) is 1. The van der Waals surface area contributed by atoms with E-state index in [9.17, 15) is 9.59 Å². The van der Waals surface area contributed by atoms with Crippen LogP contribution in [0.1, 0.15) is 33.1 Å². The molecule has 0 aromatic carbocycles. The lowest BCUT2D eigenvalue weighted by Crippen LogP contribution is -2.55. The summed E-state index contributed by atoms with van der Waals surface area (Å²) in [6.45, 7) is 3.56. The third kappa shape index (κ3) is 5.93. The number of thioether (sulfide) groups is 1. The van der Waals surface area contributed by atoms with E-state index < -0.39 is 23.5 Å². The first-order valence-corrected chi connectivity index (χ1v) is 7.06. The number of rotatable bonds is 8. The standard InChI is InChI=1S/C11H22N2O3S/c1-4-6-11(2,12)10(16)13-8(9(14)15)5-7-17-3/h8H,4-7,12H2,1-3H3,(H,13,16)(H,14,15). The largest absolute Gasteiger partial charge is 0.480 e. The molecule has 0 aliphatic heterocycles. The molecule has 0 heterocycles. The first-order chi connectivity index (χ1) is 7.85. The summed E-state index contributed by atoms with van der Waals surface area (Å²) in [6, 6.07) is -0.852. The lowest BCUT2D eigenvalue weighted by atomic mass is 9.96. The highest BCUT2D eigenvalue weighted by Crippen LogP contribution is 2.10. The molecule has 0 aromatic rings. The number of aliphatic carboxylic acids is 1. The predicted molar refractivity (Wildman–Crippen MR) is 70.1 cm³/mol. The molecular formula is C11H22N2O3S. The number of carboxylic acids is 1. The van der Waals surface area contributed by atoms with Crippen LogP contribution in [-0.2, 0) is 9.59 Å². The lowest BCUT2D eigenvalue weighted by Gasteiger charge is -2.25. The van der Waals surface area contributed by atoms with Gasteiger partial charge in [0.25, 0.3) is 0 Å². The van der Waals surface area contributed by atoms with Gasteiger partial charge in [-0.05, 0) is 31.8 Å². The van der Waals surface area contributed by atoms with Crippen molar-refractivity contribution < 1.29 is 14.7 Å². The first-order valence-electron chi connectivity index (χ1n) is 5.66. The molecular weight excluding hydrogens is 240 g/mol. The minimum absolute atomic E-state index is 0.396. The van der Waals surface area contributed by atoms with Crippen LogP contribution in [0, 0.1) is 0 Å². The molecule has 0 bridgehead atoms. The summed E-state index contributed by atoms with van der Waals surface area (Å²) >= 11 is 1.55. The second-order valence-electron chi connectivity index (χ2n) is 4.31. The molecule has 6 heteroatoms. The maximum atomic E-state index is 11.8. The fourth-order valence-electron chi connectivity index (χ4n) is 1.45. The third-order valence-electron chi connectivity index (χ3n) is 2.50. The van der Waals surface area contributed by atoms with Crippen molar-refractivity contribution in [2.24, 2.45) is 5.73 Å². The van der Waals surface area contributed by atoms with Crippen LogP contribution in [0.4, 0.5) is 0 Å². The Morgan fingerprint density at radius 1 is 1.53 bits per heavy atom. The van der Waals surface area contributed by atoms with Gasteiger partial charge in [-0.1, -0.05) is 13.3 Å². The van der Waals surface area contributed by atoms with E-state index >= 15 is 0 Å². The van der Waals surface area contributed by atoms with E-state index in [4.69, 9.17) is 10.8 Å². The van der Waals surface area contributed by atoms with Crippen LogP contribution in [0.2, 0.25) is 0 Å². The SMILES string of the molecule is CCCC(C)(N)C(=O)NC(CCSC)C(=O)O. The van der Waals surface area contributed by atoms with Crippen molar-refractivity contribution in [3.8, 4) is 0 Å². The molecule has 0 aliphatic rings. The molecule has 2 unspecified atom stereocenters. The molecule has 0 spiro atoms. The van der Waals surface area contributed by atoms with Crippen LogP contribution in [0.15, 0.2) is 0 Å². The number of amides is 1. The van der Waals surface area contributed by atoms with E-state index in [2.05, 4.69) is 5.32 Å². The summed E-state index contributed by atoms with van der Waals surface area (Å²) in [5.41, 5.74) is 4.84. The van der Waals surface area contributed by atoms with E-state index in [1.165, 1.54) is 0 Å². The molecule has 4 N–H and O–H groups in total. The molecule has 17 heavy (non-hydrogen) atoms. The monoisotopic (exact) mass is 262 g/mol. The topological polar surface area (TPSA) is 92.4 Å². The van der Waals surface area contributed by atoms with Gasteiger partial charge >= 0.3 is 5.97 Å². The number of carbonyl (C=O) groups is 2. The first kappa shape index (κ1) is 16.2. The summed E-state index contributed by atoms with van der Waals surface area (Å²) in [5.74, 6) is -0.723. The summed E-state index contributed by atoms with van der Waals surface area (Å²) < 4.78 is 0. The molecule has 0 fully saturated rings. The lowest BCUT2D eigenvalue weighted by molar-refractivity contribution is -0.142. The number of hydrogen-bond donors (Lipinski definition) is 3. The minimum atomic E-state index is -1.01. The van der Waals surface area contributed by atoms with Crippen molar-refractivity contribution in [3.05, 3.63) is 0 Å². The Balaban J connectivity index is 4.44. The Bertz CT molecular complexity index is 269. The molecule has 0 saturated heterocycles. The molecule has 0 aromatic heterocycles. The average molecular weight is 262 g/mol. The van der Waals surface area contributed by atoms with Crippen LogP contribution in [0.25, 0.3) is 0 Å².